The Balaban J connectivity index is 2.45. The van der Waals surface area contributed by atoms with Crippen LogP contribution in [0.3, 0.4) is 0 Å². The molecule has 0 aliphatic heterocycles. The van der Waals surface area contributed by atoms with Crippen LogP contribution in [-0.2, 0) is 15.2 Å². The van der Waals surface area contributed by atoms with Gasteiger partial charge in [0.05, 0.1) is 12.2 Å². The van der Waals surface area contributed by atoms with Crippen molar-refractivity contribution in [2.45, 2.75) is 65.7 Å². The maximum Gasteiger partial charge on any atom is 0.373 e. The predicted octanol–water partition coefficient (Wildman–Crippen LogP) is 5.29. The summed E-state index contributed by atoms with van der Waals surface area (Å²) in [6, 6.07) is 7.51. The molecule has 0 bridgehead atoms. The number of unbranched alkanes of at least 4 members (excludes halogenated alkanes) is 1. The molecule has 0 aliphatic carbocycles. The minimum Gasteiger partial charge on any atom is -0.293 e. The fourth-order valence-corrected chi connectivity index (χ4v) is 2.24. The molecule has 0 saturated carbocycles. The second kappa shape index (κ2) is 8.94. The Morgan fingerprint density at radius 3 is 2.27 bits per heavy atom. The van der Waals surface area contributed by atoms with Gasteiger partial charge in [0.2, 0.25) is 0 Å². The molecule has 0 N–H and O–H groups in total. The summed E-state index contributed by atoms with van der Waals surface area (Å²) in [6.07, 6.45) is 4.52. The Labute approximate surface area is 134 Å². The Morgan fingerprint density at radius 2 is 1.77 bits per heavy atom. The van der Waals surface area contributed by atoms with Gasteiger partial charge in [0.25, 0.3) is 0 Å². The van der Waals surface area contributed by atoms with E-state index in [1.54, 1.807) is 12.1 Å². The van der Waals surface area contributed by atoms with Crippen LogP contribution in [0.2, 0.25) is 0 Å². The number of benzene rings is 1. The monoisotopic (exact) mass is 306 g/mol. The fraction of sp³-hybridized carbons (Fsp3) is 0.632. The zero-order valence-electron chi connectivity index (χ0n) is 14.6. The van der Waals surface area contributed by atoms with E-state index < -0.39 is 5.97 Å². The first-order valence-electron chi connectivity index (χ1n) is 8.32. The van der Waals surface area contributed by atoms with Crippen LogP contribution in [0.25, 0.3) is 0 Å². The summed E-state index contributed by atoms with van der Waals surface area (Å²) in [6.45, 7) is 11.2. The lowest BCUT2D eigenvalue weighted by Crippen LogP contribution is -2.14. The second-order valence-corrected chi connectivity index (χ2v) is 6.90. The average Bonchev–Trinajstić information content (AvgIpc) is 2.49. The smallest absolute Gasteiger partial charge is 0.293 e. The lowest BCUT2D eigenvalue weighted by molar-refractivity contribution is -0.249. The molecule has 1 aromatic carbocycles. The van der Waals surface area contributed by atoms with Crippen LogP contribution in [0.1, 0.15) is 76.2 Å². The summed E-state index contributed by atoms with van der Waals surface area (Å²) in [4.78, 5) is 22.0. The SMILES string of the molecule is CCCCC(CC)COOC(=O)c1ccc(C(C)(C)C)cc1. The highest BCUT2D eigenvalue weighted by Gasteiger charge is 2.15. The third-order valence-corrected chi connectivity index (χ3v) is 3.97. The summed E-state index contributed by atoms with van der Waals surface area (Å²) >= 11 is 0. The maximum absolute atomic E-state index is 11.9. The molecule has 3 heteroatoms. The third kappa shape index (κ3) is 6.18. The molecule has 1 unspecified atom stereocenters. The van der Waals surface area contributed by atoms with Gasteiger partial charge in [-0.3, -0.25) is 4.89 Å². The van der Waals surface area contributed by atoms with Gasteiger partial charge in [0.1, 0.15) is 0 Å². The largest absolute Gasteiger partial charge is 0.373 e. The van der Waals surface area contributed by atoms with Crippen molar-refractivity contribution in [1.29, 1.82) is 0 Å². The van der Waals surface area contributed by atoms with Crippen LogP contribution >= 0.6 is 0 Å². The molecule has 1 atom stereocenters. The predicted molar refractivity (Wildman–Crippen MR) is 89.8 cm³/mol. The molecular formula is C19H30O3. The minimum atomic E-state index is -0.425. The Hall–Kier alpha value is -1.35. The van der Waals surface area contributed by atoms with E-state index >= 15 is 0 Å². The highest BCUT2D eigenvalue weighted by molar-refractivity contribution is 5.88. The summed E-state index contributed by atoms with van der Waals surface area (Å²) in [7, 11) is 0. The van der Waals surface area contributed by atoms with Crippen molar-refractivity contribution in [3.63, 3.8) is 0 Å². The van der Waals surface area contributed by atoms with Gasteiger partial charge in [-0.15, -0.1) is 0 Å². The number of carbonyl (C=O) groups is 1. The number of hydrogen-bond acceptors (Lipinski definition) is 3. The lowest BCUT2D eigenvalue weighted by atomic mass is 9.87. The van der Waals surface area contributed by atoms with E-state index in [0.717, 1.165) is 12.8 Å². The van der Waals surface area contributed by atoms with Crippen LogP contribution < -0.4 is 0 Å². The summed E-state index contributed by atoms with van der Waals surface area (Å²) < 4.78 is 0. The highest BCUT2D eigenvalue weighted by atomic mass is 17.2. The van der Waals surface area contributed by atoms with Gasteiger partial charge < -0.3 is 0 Å². The number of carbonyl (C=O) groups excluding carboxylic acids is 1. The summed E-state index contributed by atoms with van der Waals surface area (Å²) in [5.74, 6) is 0.0295. The number of rotatable bonds is 8. The zero-order valence-corrected chi connectivity index (χ0v) is 14.6. The van der Waals surface area contributed by atoms with Crippen molar-refractivity contribution in [1.82, 2.24) is 0 Å². The first-order valence-corrected chi connectivity index (χ1v) is 8.32. The van der Waals surface area contributed by atoms with Crippen molar-refractivity contribution in [2.75, 3.05) is 6.61 Å². The molecule has 0 amide bonds. The van der Waals surface area contributed by atoms with E-state index in [0.29, 0.717) is 18.1 Å². The third-order valence-electron chi connectivity index (χ3n) is 3.97. The van der Waals surface area contributed by atoms with E-state index in [1.807, 2.05) is 12.1 Å². The molecule has 0 heterocycles. The molecule has 0 radical (unpaired) electrons. The first kappa shape index (κ1) is 18.7. The Bertz CT molecular complexity index is 443. The zero-order chi connectivity index (χ0) is 16.6. The van der Waals surface area contributed by atoms with Gasteiger partial charge in [0, 0.05) is 0 Å². The van der Waals surface area contributed by atoms with Crippen molar-refractivity contribution in [3.8, 4) is 0 Å². The van der Waals surface area contributed by atoms with E-state index in [2.05, 4.69) is 34.6 Å². The van der Waals surface area contributed by atoms with Gasteiger partial charge in [-0.1, -0.05) is 66.0 Å². The molecule has 0 saturated heterocycles. The normalized spacial score (nSPS) is 13.0. The van der Waals surface area contributed by atoms with Crippen molar-refractivity contribution in [2.24, 2.45) is 5.92 Å². The van der Waals surface area contributed by atoms with E-state index in [1.165, 1.54) is 18.4 Å². The fourth-order valence-electron chi connectivity index (χ4n) is 2.24. The quantitative estimate of drug-likeness (QED) is 0.483. The van der Waals surface area contributed by atoms with Crippen molar-refractivity contribution in [3.05, 3.63) is 35.4 Å². The lowest BCUT2D eigenvalue weighted by Gasteiger charge is -2.18. The van der Waals surface area contributed by atoms with Crippen LogP contribution in [-0.4, -0.2) is 12.6 Å². The first-order chi connectivity index (χ1) is 10.4. The highest BCUT2D eigenvalue weighted by Crippen LogP contribution is 2.22. The molecule has 0 aromatic heterocycles. The topological polar surface area (TPSA) is 35.5 Å². The van der Waals surface area contributed by atoms with E-state index in [-0.39, 0.29) is 5.41 Å². The molecule has 0 aliphatic rings. The van der Waals surface area contributed by atoms with E-state index in [4.69, 9.17) is 9.78 Å². The molecule has 22 heavy (non-hydrogen) atoms. The summed E-state index contributed by atoms with van der Waals surface area (Å²) in [5, 5.41) is 0. The van der Waals surface area contributed by atoms with Crippen LogP contribution in [0.15, 0.2) is 24.3 Å². The molecule has 0 spiro atoms. The average molecular weight is 306 g/mol. The van der Waals surface area contributed by atoms with Crippen LogP contribution in [0, 0.1) is 5.92 Å². The van der Waals surface area contributed by atoms with Gasteiger partial charge >= 0.3 is 5.97 Å². The maximum atomic E-state index is 11.9. The van der Waals surface area contributed by atoms with Gasteiger partial charge in [-0.25, -0.2) is 4.79 Å². The summed E-state index contributed by atoms with van der Waals surface area (Å²) in [5.41, 5.74) is 1.79. The van der Waals surface area contributed by atoms with Crippen molar-refractivity contribution >= 4 is 5.97 Å². The molecular weight excluding hydrogens is 276 g/mol. The van der Waals surface area contributed by atoms with Crippen LogP contribution in [0.5, 0.6) is 0 Å². The molecule has 1 aromatic rings. The molecule has 124 valence electrons. The second-order valence-electron chi connectivity index (χ2n) is 6.90. The van der Waals surface area contributed by atoms with Crippen LogP contribution in [0.4, 0.5) is 0 Å². The van der Waals surface area contributed by atoms with Gasteiger partial charge in [-0.05, 0) is 35.4 Å². The molecule has 3 nitrogen and oxygen atoms in total. The van der Waals surface area contributed by atoms with Gasteiger partial charge in [0.15, 0.2) is 0 Å². The van der Waals surface area contributed by atoms with Crippen molar-refractivity contribution < 1.29 is 14.6 Å². The standard InChI is InChI=1S/C19H30O3/c1-6-8-9-15(7-2)14-21-22-18(20)16-10-12-17(13-11-16)19(3,4)5/h10-13,15H,6-9,14H2,1-5H3. The van der Waals surface area contributed by atoms with Gasteiger partial charge in [-0.2, -0.15) is 4.89 Å². The minimum absolute atomic E-state index is 0.0760. The Kier molecular flexibility index (Phi) is 7.60. The van der Waals surface area contributed by atoms with E-state index in [9.17, 15) is 4.79 Å². The number of hydrogen-bond donors (Lipinski definition) is 0. The Morgan fingerprint density at radius 1 is 1.14 bits per heavy atom. The molecule has 1 rings (SSSR count). The molecule has 0 fully saturated rings.